The van der Waals surface area contributed by atoms with Gasteiger partial charge in [-0.3, -0.25) is 20.4 Å². The Balaban J connectivity index is 2.02. The van der Waals surface area contributed by atoms with Crippen LogP contribution in [-0.4, -0.2) is 43.6 Å². The lowest BCUT2D eigenvalue weighted by Gasteiger charge is -2.08. The predicted molar refractivity (Wildman–Crippen MR) is 80.9 cm³/mol. The predicted octanol–water partition coefficient (Wildman–Crippen LogP) is 0.401. The van der Waals surface area contributed by atoms with E-state index in [4.69, 9.17) is 0 Å². The Labute approximate surface area is 131 Å². The second kappa shape index (κ2) is 6.30. The maximum atomic E-state index is 11.9. The van der Waals surface area contributed by atoms with Crippen LogP contribution in [0.4, 0.5) is 0 Å². The quantitative estimate of drug-likeness (QED) is 0.698. The van der Waals surface area contributed by atoms with Crippen molar-refractivity contribution in [1.29, 1.82) is 0 Å². The van der Waals surface area contributed by atoms with Gasteiger partial charge in [0.2, 0.25) is 10.0 Å². The molecule has 22 heavy (non-hydrogen) atoms. The van der Waals surface area contributed by atoms with Crippen molar-refractivity contribution < 1.29 is 18.0 Å². The summed E-state index contributed by atoms with van der Waals surface area (Å²) in [5.41, 5.74) is 4.48. The molecule has 0 bridgehead atoms. The first kappa shape index (κ1) is 16.2. The molecule has 3 N–H and O–H groups in total. The molecular weight excluding hydrogens is 328 g/mol. The summed E-state index contributed by atoms with van der Waals surface area (Å²) in [6.45, 7) is 0. The van der Waals surface area contributed by atoms with Crippen molar-refractivity contribution in [3.63, 3.8) is 0 Å². The molecule has 8 nitrogen and oxygen atoms in total. The van der Waals surface area contributed by atoms with Gasteiger partial charge in [0.1, 0.15) is 10.6 Å². The SMILES string of the molecule is CN(C)S(=O)(=O)c1c[nH]c(C(=O)NNC(=O)c2cccs2)c1. The number of carbonyl (C=O) groups excluding carboxylic acids is 2. The summed E-state index contributed by atoms with van der Waals surface area (Å²) in [4.78, 5) is 26.5. The van der Waals surface area contributed by atoms with Crippen molar-refractivity contribution >= 4 is 33.2 Å². The summed E-state index contributed by atoms with van der Waals surface area (Å²) >= 11 is 1.23. The van der Waals surface area contributed by atoms with Gasteiger partial charge in [0, 0.05) is 20.3 Å². The number of carbonyl (C=O) groups is 2. The van der Waals surface area contributed by atoms with Gasteiger partial charge in [-0.25, -0.2) is 12.7 Å². The number of aromatic nitrogens is 1. The number of hydrazine groups is 1. The highest BCUT2D eigenvalue weighted by molar-refractivity contribution is 7.89. The van der Waals surface area contributed by atoms with E-state index in [1.54, 1.807) is 17.5 Å². The molecule has 2 rings (SSSR count). The Bertz CT molecular complexity index is 778. The van der Waals surface area contributed by atoms with E-state index in [-0.39, 0.29) is 10.6 Å². The largest absolute Gasteiger partial charge is 0.356 e. The molecule has 2 aromatic heterocycles. The number of hydrogen-bond donors (Lipinski definition) is 3. The van der Waals surface area contributed by atoms with Gasteiger partial charge in [-0.15, -0.1) is 11.3 Å². The number of H-pyrrole nitrogens is 1. The van der Waals surface area contributed by atoms with Gasteiger partial charge < -0.3 is 4.98 Å². The fraction of sp³-hybridized carbons (Fsp3) is 0.167. The molecule has 0 aliphatic heterocycles. The lowest BCUT2D eigenvalue weighted by Crippen LogP contribution is -2.41. The monoisotopic (exact) mass is 342 g/mol. The maximum Gasteiger partial charge on any atom is 0.286 e. The third kappa shape index (κ3) is 3.35. The normalized spacial score (nSPS) is 11.4. The number of sulfonamides is 1. The Morgan fingerprint density at radius 3 is 2.50 bits per heavy atom. The summed E-state index contributed by atoms with van der Waals surface area (Å²) in [6.07, 6.45) is 1.21. The molecule has 0 radical (unpaired) electrons. The van der Waals surface area contributed by atoms with Crippen LogP contribution in [0.1, 0.15) is 20.2 Å². The average molecular weight is 342 g/mol. The minimum atomic E-state index is -3.62. The van der Waals surface area contributed by atoms with Crippen LogP contribution in [-0.2, 0) is 10.0 Å². The van der Waals surface area contributed by atoms with Gasteiger partial charge >= 0.3 is 0 Å². The number of aromatic amines is 1. The number of hydrogen-bond acceptors (Lipinski definition) is 5. The van der Waals surface area contributed by atoms with Crippen molar-refractivity contribution in [3.8, 4) is 0 Å². The molecule has 0 aliphatic carbocycles. The van der Waals surface area contributed by atoms with Crippen LogP contribution in [0, 0.1) is 0 Å². The maximum absolute atomic E-state index is 11.9. The van der Waals surface area contributed by atoms with Gasteiger partial charge in [0.15, 0.2) is 0 Å². The van der Waals surface area contributed by atoms with Crippen LogP contribution in [0.25, 0.3) is 0 Å². The molecule has 0 unspecified atom stereocenters. The summed E-state index contributed by atoms with van der Waals surface area (Å²) in [5.74, 6) is -1.10. The molecule has 10 heteroatoms. The van der Waals surface area contributed by atoms with E-state index < -0.39 is 21.8 Å². The second-order valence-electron chi connectivity index (χ2n) is 4.42. The van der Waals surface area contributed by atoms with E-state index in [1.807, 2.05) is 0 Å². The number of nitrogens with one attached hydrogen (secondary N) is 3. The molecule has 0 atom stereocenters. The zero-order valence-corrected chi connectivity index (χ0v) is 13.4. The zero-order chi connectivity index (χ0) is 16.3. The number of rotatable bonds is 4. The molecule has 0 aliphatic rings. The fourth-order valence-corrected chi connectivity index (χ4v) is 3.03. The topological polar surface area (TPSA) is 111 Å². The van der Waals surface area contributed by atoms with Crippen molar-refractivity contribution in [2.24, 2.45) is 0 Å². The third-order valence-corrected chi connectivity index (χ3v) is 5.38. The number of thiophene rings is 1. The van der Waals surface area contributed by atoms with E-state index >= 15 is 0 Å². The van der Waals surface area contributed by atoms with E-state index in [0.717, 1.165) is 4.31 Å². The molecule has 2 heterocycles. The lowest BCUT2D eigenvalue weighted by atomic mass is 10.4. The van der Waals surface area contributed by atoms with Crippen molar-refractivity contribution in [2.45, 2.75) is 4.90 Å². The molecule has 0 spiro atoms. The first-order chi connectivity index (χ1) is 10.3. The molecule has 0 saturated heterocycles. The molecule has 118 valence electrons. The van der Waals surface area contributed by atoms with Crippen LogP contribution < -0.4 is 10.9 Å². The highest BCUT2D eigenvalue weighted by atomic mass is 32.2. The van der Waals surface area contributed by atoms with Gasteiger partial charge in [0.05, 0.1) is 4.88 Å². The Hall–Kier alpha value is -2.17. The third-order valence-electron chi connectivity index (χ3n) is 2.71. The molecule has 2 aromatic rings. The van der Waals surface area contributed by atoms with E-state index in [1.165, 1.54) is 37.7 Å². The highest BCUT2D eigenvalue weighted by Gasteiger charge is 2.21. The molecule has 0 saturated carbocycles. The molecule has 2 amide bonds. The average Bonchev–Trinajstić information content (AvgIpc) is 3.14. The molecule has 0 fully saturated rings. The molecule has 0 aromatic carbocycles. The summed E-state index contributed by atoms with van der Waals surface area (Å²) in [5, 5.41) is 1.74. The van der Waals surface area contributed by atoms with Crippen molar-refractivity contribution in [1.82, 2.24) is 20.1 Å². The van der Waals surface area contributed by atoms with Crippen LogP contribution in [0.5, 0.6) is 0 Å². The van der Waals surface area contributed by atoms with Crippen molar-refractivity contribution in [2.75, 3.05) is 14.1 Å². The number of nitrogens with zero attached hydrogens (tertiary/aromatic N) is 1. The van der Waals surface area contributed by atoms with Crippen LogP contribution in [0.15, 0.2) is 34.7 Å². The first-order valence-electron chi connectivity index (χ1n) is 6.07. The summed E-state index contributed by atoms with van der Waals surface area (Å²) in [6, 6.07) is 4.52. The highest BCUT2D eigenvalue weighted by Crippen LogP contribution is 2.14. The standard InChI is InChI=1S/C12H14N4O4S2/c1-16(2)22(19,20)8-6-9(13-7-8)11(17)14-15-12(18)10-4-3-5-21-10/h3-7,13H,1-2H3,(H,14,17)(H,15,18). The smallest absolute Gasteiger partial charge is 0.286 e. The fourth-order valence-electron chi connectivity index (χ4n) is 1.52. The van der Waals surface area contributed by atoms with Gasteiger partial charge in [-0.1, -0.05) is 6.07 Å². The Morgan fingerprint density at radius 2 is 1.91 bits per heavy atom. The van der Waals surface area contributed by atoms with Gasteiger partial charge in [-0.2, -0.15) is 0 Å². The molecular formula is C12H14N4O4S2. The van der Waals surface area contributed by atoms with Crippen molar-refractivity contribution in [3.05, 3.63) is 40.3 Å². The lowest BCUT2D eigenvalue weighted by molar-refractivity contribution is 0.0846. The summed E-state index contributed by atoms with van der Waals surface area (Å²) in [7, 11) is -0.836. The minimum absolute atomic E-state index is 0.0203. The summed E-state index contributed by atoms with van der Waals surface area (Å²) < 4.78 is 24.8. The minimum Gasteiger partial charge on any atom is -0.356 e. The Morgan fingerprint density at radius 1 is 1.23 bits per heavy atom. The van der Waals surface area contributed by atoms with Crippen LogP contribution in [0.3, 0.4) is 0 Å². The van der Waals surface area contributed by atoms with E-state index in [9.17, 15) is 18.0 Å². The second-order valence-corrected chi connectivity index (χ2v) is 7.52. The van der Waals surface area contributed by atoms with E-state index in [0.29, 0.717) is 4.88 Å². The van der Waals surface area contributed by atoms with Crippen LogP contribution >= 0.6 is 11.3 Å². The zero-order valence-electron chi connectivity index (χ0n) is 11.8. The van der Waals surface area contributed by atoms with E-state index in [2.05, 4.69) is 15.8 Å². The number of amides is 2. The van der Waals surface area contributed by atoms with Gasteiger partial charge in [0.25, 0.3) is 11.8 Å². The first-order valence-corrected chi connectivity index (χ1v) is 8.39. The van der Waals surface area contributed by atoms with Crippen LogP contribution in [0.2, 0.25) is 0 Å². The van der Waals surface area contributed by atoms with Gasteiger partial charge in [-0.05, 0) is 17.5 Å². The Kier molecular flexibility index (Phi) is 4.64.